The molecule has 2 heterocycles. The number of nitrogens with one attached hydrogen (secondary N) is 2. The number of amides is 1. The predicted octanol–water partition coefficient (Wildman–Crippen LogP) is 1.56. The Labute approximate surface area is 136 Å². The van der Waals surface area contributed by atoms with E-state index in [0.717, 1.165) is 16.4 Å². The molecule has 0 spiro atoms. The van der Waals surface area contributed by atoms with E-state index in [4.69, 9.17) is 4.42 Å². The van der Waals surface area contributed by atoms with Crippen LogP contribution in [-0.2, 0) is 11.3 Å². The summed E-state index contributed by atoms with van der Waals surface area (Å²) < 4.78 is 40.1. The third-order valence-corrected chi connectivity index (χ3v) is 3.42. The fourth-order valence-electron chi connectivity index (χ4n) is 2.45. The van der Waals surface area contributed by atoms with Crippen LogP contribution in [0.2, 0.25) is 0 Å². The molecule has 2 aromatic rings. The summed E-state index contributed by atoms with van der Waals surface area (Å²) in [6, 6.07) is 7.85. The van der Waals surface area contributed by atoms with Crippen LogP contribution in [0.3, 0.4) is 0 Å². The maximum absolute atomic E-state index is 13.0. The smallest absolute Gasteiger partial charge is 0.460 e. The van der Waals surface area contributed by atoms with Crippen LogP contribution < -0.4 is 19.7 Å². The molecule has 1 unspecified atom stereocenters. The minimum absolute atomic E-state index is 0.0612. The Morgan fingerprint density at radius 3 is 2.67 bits per heavy atom. The molecule has 128 valence electrons. The van der Waals surface area contributed by atoms with E-state index in [1.54, 1.807) is 0 Å². The van der Waals surface area contributed by atoms with Crippen molar-refractivity contribution in [3.05, 3.63) is 41.9 Å². The standard InChI is InChI=1S/C16H16F2N2O4/c1-10-3-5-12(22-10)8-20(2)9-15(21)19-11-4-6-13-14(7-11)24-16(17,18)23-13/h3-7H,8-9H2,1-2H3,(H,19,21)/p+1. The van der Waals surface area contributed by atoms with Crippen molar-refractivity contribution in [2.75, 3.05) is 18.9 Å². The van der Waals surface area contributed by atoms with Crippen molar-refractivity contribution < 1.29 is 32.4 Å². The number of halogens is 2. The number of alkyl halides is 2. The van der Waals surface area contributed by atoms with E-state index in [2.05, 4.69) is 14.8 Å². The van der Waals surface area contributed by atoms with E-state index in [1.807, 2.05) is 26.1 Å². The van der Waals surface area contributed by atoms with Crippen LogP contribution >= 0.6 is 0 Å². The molecule has 6 nitrogen and oxygen atoms in total. The highest BCUT2D eigenvalue weighted by atomic mass is 19.3. The number of carbonyl (C=O) groups excluding carboxylic acids is 1. The lowest BCUT2D eigenvalue weighted by Gasteiger charge is -2.12. The van der Waals surface area contributed by atoms with Crippen LogP contribution in [0.15, 0.2) is 34.7 Å². The van der Waals surface area contributed by atoms with Gasteiger partial charge in [-0.25, -0.2) is 0 Å². The fourth-order valence-corrected chi connectivity index (χ4v) is 2.45. The molecule has 1 aliphatic rings. The summed E-state index contributed by atoms with van der Waals surface area (Å²) in [5, 5.41) is 2.65. The zero-order valence-corrected chi connectivity index (χ0v) is 13.2. The summed E-state index contributed by atoms with van der Waals surface area (Å²) in [7, 11) is 1.86. The molecule has 3 rings (SSSR count). The number of hydrogen-bond donors (Lipinski definition) is 2. The lowest BCUT2D eigenvalue weighted by Crippen LogP contribution is -3.08. The van der Waals surface area contributed by atoms with Crippen LogP contribution in [0.5, 0.6) is 11.5 Å². The maximum atomic E-state index is 13.0. The lowest BCUT2D eigenvalue weighted by molar-refractivity contribution is -0.886. The Balaban J connectivity index is 1.55. The van der Waals surface area contributed by atoms with Gasteiger partial charge in [0.1, 0.15) is 12.3 Å². The van der Waals surface area contributed by atoms with Gasteiger partial charge < -0.3 is 24.1 Å². The molecule has 1 aromatic carbocycles. The topological polar surface area (TPSA) is 65.1 Å². The molecular weight excluding hydrogens is 322 g/mol. The Bertz CT molecular complexity index is 760. The summed E-state index contributed by atoms with van der Waals surface area (Å²) in [6.45, 7) is 2.62. The van der Waals surface area contributed by atoms with E-state index in [-0.39, 0.29) is 24.0 Å². The lowest BCUT2D eigenvalue weighted by atomic mass is 10.2. The maximum Gasteiger partial charge on any atom is 0.586 e. The molecule has 8 heteroatoms. The predicted molar refractivity (Wildman–Crippen MR) is 80.2 cm³/mol. The van der Waals surface area contributed by atoms with Crippen LogP contribution in [0.1, 0.15) is 11.5 Å². The average Bonchev–Trinajstić information content (AvgIpc) is 2.99. The molecule has 2 N–H and O–H groups in total. The van der Waals surface area contributed by atoms with Gasteiger partial charge in [0.15, 0.2) is 23.8 Å². The van der Waals surface area contributed by atoms with Crippen LogP contribution in [-0.4, -0.2) is 25.8 Å². The van der Waals surface area contributed by atoms with Crippen LogP contribution in [0.25, 0.3) is 0 Å². The molecule has 1 aromatic heterocycles. The van der Waals surface area contributed by atoms with Gasteiger partial charge in [0.2, 0.25) is 0 Å². The SMILES string of the molecule is Cc1ccc(C[NH+](C)CC(=O)Nc2ccc3c(c2)OC(F)(F)O3)o1. The van der Waals surface area contributed by atoms with Crippen molar-refractivity contribution in [2.24, 2.45) is 0 Å². The second kappa shape index (κ2) is 6.12. The number of furan rings is 1. The van der Waals surface area contributed by atoms with Crippen molar-refractivity contribution >= 4 is 11.6 Å². The summed E-state index contributed by atoms with van der Waals surface area (Å²) in [5.41, 5.74) is 0.363. The number of aryl methyl sites for hydroxylation is 1. The fraction of sp³-hybridized carbons (Fsp3) is 0.312. The highest BCUT2D eigenvalue weighted by Gasteiger charge is 2.43. The first-order valence-electron chi connectivity index (χ1n) is 7.37. The van der Waals surface area contributed by atoms with Gasteiger partial charge >= 0.3 is 6.29 Å². The number of anilines is 1. The zero-order valence-electron chi connectivity index (χ0n) is 13.2. The van der Waals surface area contributed by atoms with Crippen molar-refractivity contribution in [3.8, 4) is 11.5 Å². The number of benzene rings is 1. The van der Waals surface area contributed by atoms with E-state index in [9.17, 15) is 13.6 Å². The highest BCUT2D eigenvalue weighted by Crippen LogP contribution is 2.42. The third kappa shape index (κ3) is 3.83. The molecular formula is C16H17F2N2O4+. The first kappa shape index (κ1) is 16.3. The quantitative estimate of drug-likeness (QED) is 0.868. The molecule has 0 bridgehead atoms. The van der Waals surface area contributed by atoms with Gasteiger partial charge in [0.05, 0.1) is 7.05 Å². The molecule has 0 aliphatic carbocycles. The summed E-state index contributed by atoms with van der Waals surface area (Å²) in [4.78, 5) is 13.0. The molecule has 1 atom stereocenters. The molecule has 0 fully saturated rings. The van der Waals surface area contributed by atoms with Crippen molar-refractivity contribution in [3.63, 3.8) is 0 Å². The number of fused-ring (bicyclic) bond motifs is 1. The van der Waals surface area contributed by atoms with Gasteiger partial charge in [-0.05, 0) is 31.2 Å². The molecule has 0 radical (unpaired) electrons. The number of rotatable bonds is 5. The van der Waals surface area contributed by atoms with Gasteiger partial charge in [-0.2, -0.15) is 0 Å². The van der Waals surface area contributed by atoms with Gasteiger partial charge in [0, 0.05) is 11.8 Å². The van der Waals surface area contributed by atoms with Gasteiger partial charge in [-0.3, -0.25) is 4.79 Å². The Hall–Kier alpha value is -2.61. The Morgan fingerprint density at radius 1 is 1.21 bits per heavy atom. The summed E-state index contributed by atoms with van der Waals surface area (Å²) in [5.74, 6) is 1.20. The number of likely N-dealkylation sites (N-methyl/N-ethyl adjacent to an activating group) is 1. The molecule has 1 aliphatic heterocycles. The average molecular weight is 339 g/mol. The largest absolute Gasteiger partial charge is 0.586 e. The number of quaternary nitrogens is 1. The number of ether oxygens (including phenoxy) is 2. The van der Waals surface area contributed by atoms with Crippen molar-refractivity contribution in [1.29, 1.82) is 0 Å². The Kier molecular flexibility index (Phi) is 4.15. The van der Waals surface area contributed by atoms with Crippen LogP contribution in [0, 0.1) is 6.92 Å². The van der Waals surface area contributed by atoms with Crippen molar-refractivity contribution in [1.82, 2.24) is 0 Å². The second-order valence-electron chi connectivity index (χ2n) is 5.70. The van der Waals surface area contributed by atoms with Gasteiger partial charge in [0.25, 0.3) is 5.91 Å². The third-order valence-electron chi connectivity index (χ3n) is 3.42. The van der Waals surface area contributed by atoms with Crippen molar-refractivity contribution in [2.45, 2.75) is 19.8 Å². The summed E-state index contributed by atoms with van der Waals surface area (Å²) >= 11 is 0. The monoisotopic (exact) mass is 339 g/mol. The first-order valence-corrected chi connectivity index (χ1v) is 7.37. The minimum atomic E-state index is -3.67. The molecule has 24 heavy (non-hydrogen) atoms. The highest BCUT2D eigenvalue weighted by molar-refractivity contribution is 5.91. The van der Waals surface area contributed by atoms with Gasteiger partial charge in [-0.15, -0.1) is 8.78 Å². The molecule has 0 saturated heterocycles. The van der Waals surface area contributed by atoms with E-state index < -0.39 is 6.29 Å². The van der Waals surface area contributed by atoms with E-state index in [1.165, 1.54) is 18.2 Å². The normalized spacial score (nSPS) is 16.0. The first-order chi connectivity index (χ1) is 11.3. The van der Waals surface area contributed by atoms with E-state index >= 15 is 0 Å². The molecule has 0 saturated carbocycles. The van der Waals surface area contributed by atoms with E-state index in [0.29, 0.717) is 12.2 Å². The Morgan fingerprint density at radius 2 is 1.96 bits per heavy atom. The molecule has 1 amide bonds. The zero-order chi connectivity index (χ0) is 17.3. The summed E-state index contributed by atoms with van der Waals surface area (Å²) in [6.07, 6.45) is -3.67. The van der Waals surface area contributed by atoms with Gasteiger partial charge in [-0.1, -0.05) is 0 Å². The van der Waals surface area contributed by atoms with Crippen LogP contribution in [0.4, 0.5) is 14.5 Å². The number of hydrogen-bond acceptors (Lipinski definition) is 4. The minimum Gasteiger partial charge on any atom is -0.460 e. The number of carbonyl (C=O) groups is 1. The second-order valence-corrected chi connectivity index (χ2v) is 5.70.